The molecule has 1 saturated carbocycles. The molecular weight excluding hydrogens is 553 g/mol. The molecule has 1 saturated heterocycles. The van der Waals surface area contributed by atoms with Crippen LogP contribution in [0.1, 0.15) is 52.2 Å². The molecular formula is C29H30N2O5S3. The van der Waals surface area contributed by atoms with E-state index in [0.29, 0.717) is 12.1 Å². The van der Waals surface area contributed by atoms with E-state index < -0.39 is 11.6 Å². The Kier molecular flexibility index (Phi) is 7.32. The molecule has 1 aromatic carbocycles. The SMILES string of the molecule is O=Cc1ccc2c(c1)sc(=O)n2CCCN1CCC2(CC1)CC(OC(C(=O)O)(c1cccs1)c1cccs1)C2. The van der Waals surface area contributed by atoms with Crippen molar-refractivity contribution >= 4 is 56.5 Å². The second-order valence-electron chi connectivity index (χ2n) is 10.6. The molecule has 7 nitrogen and oxygen atoms in total. The number of fused-ring (bicyclic) bond motifs is 1. The number of aromatic nitrogens is 1. The Labute approximate surface area is 238 Å². The van der Waals surface area contributed by atoms with Gasteiger partial charge in [-0.1, -0.05) is 23.5 Å². The lowest BCUT2D eigenvalue weighted by atomic mass is 9.61. The van der Waals surface area contributed by atoms with Crippen LogP contribution in [0.25, 0.3) is 10.2 Å². The van der Waals surface area contributed by atoms with Crippen molar-refractivity contribution in [3.05, 3.63) is 78.2 Å². The summed E-state index contributed by atoms with van der Waals surface area (Å²) in [5, 5.41) is 14.2. The Hall–Kier alpha value is -2.63. The van der Waals surface area contributed by atoms with Crippen molar-refractivity contribution in [2.75, 3.05) is 19.6 Å². The van der Waals surface area contributed by atoms with Gasteiger partial charge in [-0.25, -0.2) is 4.79 Å². The molecule has 4 heterocycles. The van der Waals surface area contributed by atoms with E-state index in [1.807, 2.05) is 45.7 Å². The number of carboxylic acid groups (broad SMARTS) is 1. The maximum atomic E-state index is 12.7. The number of hydrogen-bond acceptors (Lipinski definition) is 8. The number of carbonyl (C=O) groups is 2. The van der Waals surface area contributed by atoms with Gasteiger partial charge in [0.15, 0.2) is 0 Å². The van der Waals surface area contributed by atoms with E-state index in [-0.39, 0.29) is 16.4 Å². The van der Waals surface area contributed by atoms with Crippen LogP contribution < -0.4 is 4.87 Å². The van der Waals surface area contributed by atoms with Crippen molar-refractivity contribution in [3.63, 3.8) is 0 Å². The number of hydrogen-bond donors (Lipinski definition) is 1. The zero-order valence-corrected chi connectivity index (χ0v) is 23.9. The third-order valence-corrected chi connectivity index (χ3v) is 11.2. The zero-order chi connectivity index (χ0) is 27.0. The number of carbonyl (C=O) groups excluding carboxylic acids is 1. The van der Waals surface area contributed by atoms with E-state index in [1.165, 1.54) is 34.0 Å². The Morgan fingerprint density at radius 2 is 1.77 bits per heavy atom. The Morgan fingerprint density at radius 1 is 1.08 bits per heavy atom. The van der Waals surface area contributed by atoms with E-state index in [2.05, 4.69) is 4.90 Å². The van der Waals surface area contributed by atoms with Crippen LogP contribution in [0.3, 0.4) is 0 Å². The number of thiazole rings is 1. The van der Waals surface area contributed by atoms with Gasteiger partial charge < -0.3 is 14.7 Å². The van der Waals surface area contributed by atoms with E-state index in [9.17, 15) is 19.5 Å². The van der Waals surface area contributed by atoms with E-state index >= 15 is 0 Å². The molecule has 0 radical (unpaired) electrons. The average Bonchev–Trinajstić information content (AvgIpc) is 3.69. The fraction of sp³-hybridized carbons (Fsp3) is 0.414. The number of aldehydes is 1. The Bertz CT molecular complexity index is 1470. The van der Waals surface area contributed by atoms with Crippen LogP contribution in [0.5, 0.6) is 0 Å². The van der Waals surface area contributed by atoms with Crippen LogP contribution in [-0.4, -0.2) is 52.6 Å². The van der Waals surface area contributed by atoms with Crippen molar-refractivity contribution in [1.82, 2.24) is 9.47 Å². The Morgan fingerprint density at radius 3 is 2.36 bits per heavy atom. The predicted octanol–water partition coefficient (Wildman–Crippen LogP) is 5.68. The summed E-state index contributed by atoms with van der Waals surface area (Å²) < 4.78 is 9.18. The first-order valence-corrected chi connectivity index (χ1v) is 15.8. The van der Waals surface area contributed by atoms with Gasteiger partial charge in [-0.05, 0) is 98.2 Å². The van der Waals surface area contributed by atoms with Gasteiger partial charge in [-0.3, -0.25) is 14.2 Å². The third-order valence-electron chi connectivity index (χ3n) is 8.30. The predicted molar refractivity (Wildman–Crippen MR) is 155 cm³/mol. The summed E-state index contributed by atoms with van der Waals surface area (Å²) in [7, 11) is 0. The first-order valence-electron chi connectivity index (χ1n) is 13.2. The number of rotatable bonds is 10. The summed E-state index contributed by atoms with van der Waals surface area (Å²) in [4.78, 5) is 40.1. The maximum Gasteiger partial charge on any atom is 0.347 e. The lowest BCUT2D eigenvalue weighted by molar-refractivity contribution is -0.190. The molecule has 6 rings (SSSR count). The first kappa shape index (κ1) is 26.6. The topological polar surface area (TPSA) is 88.8 Å². The molecule has 10 heteroatoms. The summed E-state index contributed by atoms with van der Waals surface area (Å²) in [6, 6.07) is 12.9. The molecule has 1 spiro atoms. The largest absolute Gasteiger partial charge is 0.479 e. The van der Waals surface area contributed by atoms with Gasteiger partial charge in [0.05, 0.1) is 26.1 Å². The summed E-state index contributed by atoms with van der Waals surface area (Å²) in [6.45, 7) is 3.62. The van der Waals surface area contributed by atoms with Gasteiger partial charge in [-0.2, -0.15) is 0 Å². The number of benzene rings is 1. The van der Waals surface area contributed by atoms with Crippen molar-refractivity contribution in [2.24, 2.45) is 5.41 Å². The molecule has 4 aromatic rings. The van der Waals surface area contributed by atoms with Crippen LogP contribution in [-0.2, 0) is 21.7 Å². The molecule has 1 aliphatic carbocycles. The summed E-state index contributed by atoms with van der Waals surface area (Å²) in [5.41, 5.74) is 0.283. The number of ether oxygens (including phenoxy) is 1. The van der Waals surface area contributed by atoms with Gasteiger partial charge in [-0.15, -0.1) is 22.7 Å². The van der Waals surface area contributed by atoms with Crippen molar-refractivity contribution in [2.45, 2.75) is 50.4 Å². The monoisotopic (exact) mass is 582 g/mol. The normalized spacial score (nSPS) is 17.9. The minimum absolute atomic E-state index is 0.0219. The fourth-order valence-corrected chi connectivity index (χ4v) is 8.95. The van der Waals surface area contributed by atoms with Gasteiger partial charge in [0, 0.05) is 12.1 Å². The van der Waals surface area contributed by atoms with Crippen LogP contribution in [0.2, 0.25) is 0 Å². The van der Waals surface area contributed by atoms with Crippen molar-refractivity contribution in [1.29, 1.82) is 0 Å². The molecule has 39 heavy (non-hydrogen) atoms. The highest BCUT2D eigenvalue weighted by molar-refractivity contribution is 7.16. The van der Waals surface area contributed by atoms with E-state index in [1.54, 1.807) is 12.1 Å². The van der Waals surface area contributed by atoms with Crippen molar-refractivity contribution in [3.8, 4) is 0 Å². The van der Waals surface area contributed by atoms with Gasteiger partial charge in [0.1, 0.15) is 6.29 Å². The molecule has 0 bridgehead atoms. The molecule has 3 aromatic heterocycles. The molecule has 0 atom stereocenters. The highest BCUT2D eigenvalue weighted by Crippen LogP contribution is 2.53. The third kappa shape index (κ3) is 4.93. The fourth-order valence-electron chi connectivity index (χ4n) is 6.18. The number of aliphatic carboxylic acids is 1. The zero-order valence-electron chi connectivity index (χ0n) is 21.4. The summed E-state index contributed by atoms with van der Waals surface area (Å²) in [6.07, 6.45) is 5.58. The Balaban J connectivity index is 1.03. The number of nitrogens with zero attached hydrogens (tertiary/aromatic N) is 2. The van der Waals surface area contributed by atoms with E-state index in [0.717, 1.165) is 78.0 Å². The molecule has 0 unspecified atom stereocenters. The standard InChI is InChI=1S/C29H30N2O5S3/c32-19-20-6-7-22-23(16-20)39-27(35)31(22)11-3-10-30-12-8-28(9-13-30)17-21(18-28)36-29(26(33)34,24-4-1-14-37-24)25-5-2-15-38-25/h1-2,4-7,14-16,19,21H,3,8-13,17-18H2,(H,33,34). The van der Waals surface area contributed by atoms with Crippen LogP contribution in [0.4, 0.5) is 0 Å². The maximum absolute atomic E-state index is 12.7. The number of carboxylic acids is 1. The van der Waals surface area contributed by atoms with Crippen LogP contribution >= 0.6 is 34.0 Å². The second-order valence-corrected chi connectivity index (χ2v) is 13.5. The highest BCUT2D eigenvalue weighted by Gasteiger charge is 2.53. The van der Waals surface area contributed by atoms with Crippen LogP contribution in [0, 0.1) is 5.41 Å². The molecule has 2 fully saturated rings. The van der Waals surface area contributed by atoms with E-state index in [4.69, 9.17) is 4.74 Å². The van der Waals surface area contributed by atoms with Gasteiger partial charge in [0.25, 0.3) is 0 Å². The average molecular weight is 583 g/mol. The summed E-state index contributed by atoms with van der Waals surface area (Å²) >= 11 is 4.05. The lowest BCUT2D eigenvalue weighted by Gasteiger charge is -2.53. The minimum Gasteiger partial charge on any atom is -0.479 e. The highest BCUT2D eigenvalue weighted by atomic mass is 32.1. The molecule has 1 aliphatic heterocycles. The minimum atomic E-state index is -1.44. The molecule has 0 amide bonds. The molecule has 2 aliphatic rings. The van der Waals surface area contributed by atoms with Gasteiger partial charge >= 0.3 is 10.8 Å². The number of piperidine rings is 1. The van der Waals surface area contributed by atoms with Gasteiger partial charge in [0.2, 0.25) is 5.60 Å². The number of aryl methyl sites for hydroxylation is 1. The molecule has 1 N–H and O–H groups in total. The molecule has 204 valence electrons. The van der Waals surface area contributed by atoms with Crippen molar-refractivity contribution < 1.29 is 19.4 Å². The summed E-state index contributed by atoms with van der Waals surface area (Å²) in [5.74, 6) is -0.954. The quantitative estimate of drug-likeness (QED) is 0.242. The number of likely N-dealkylation sites (tertiary alicyclic amines) is 1. The number of thiophene rings is 2. The smallest absolute Gasteiger partial charge is 0.347 e. The first-order chi connectivity index (χ1) is 18.9. The second kappa shape index (κ2) is 10.7. The van der Waals surface area contributed by atoms with Crippen LogP contribution in [0.15, 0.2) is 58.0 Å². The lowest BCUT2D eigenvalue weighted by Crippen LogP contribution is -2.53.